The number of halogens is 1. The Balaban J connectivity index is 0.00000336. The van der Waals surface area contributed by atoms with Crippen molar-refractivity contribution >= 4 is 29.1 Å². The van der Waals surface area contributed by atoms with Gasteiger partial charge >= 0.3 is 0 Å². The summed E-state index contributed by atoms with van der Waals surface area (Å²) >= 11 is 0. The van der Waals surface area contributed by atoms with E-state index in [0.29, 0.717) is 24.3 Å². The van der Waals surface area contributed by atoms with Crippen molar-refractivity contribution in [1.29, 1.82) is 0 Å². The van der Waals surface area contributed by atoms with E-state index in [-0.39, 0.29) is 23.9 Å². The number of piperidine rings is 1. The molecule has 0 spiro atoms. The molecule has 3 aromatic carbocycles. The predicted molar refractivity (Wildman–Crippen MR) is 154 cm³/mol. The first-order valence-electron chi connectivity index (χ1n) is 13.1. The molecule has 1 aliphatic rings. The van der Waals surface area contributed by atoms with Gasteiger partial charge in [0.05, 0.1) is 23.9 Å². The first-order chi connectivity index (χ1) is 18.1. The van der Waals surface area contributed by atoms with Crippen LogP contribution in [0.3, 0.4) is 0 Å². The van der Waals surface area contributed by atoms with Gasteiger partial charge in [0.15, 0.2) is 5.78 Å². The second-order valence-electron chi connectivity index (χ2n) is 9.50. The number of phenols is 1. The normalized spacial score (nSPS) is 13.7. The van der Waals surface area contributed by atoms with Crippen LogP contribution in [0.4, 0.5) is 0 Å². The van der Waals surface area contributed by atoms with Gasteiger partial charge < -0.3 is 19.1 Å². The van der Waals surface area contributed by atoms with E-state index in [4.69, 9.17) is 9.47 Å². The standard InChI is InChI=1S/C31H34N2O4.ClH/c1-3-33-28-21-24(34)11-16-27(28)29(30(33)22-7-12-25(36-2)13-8-22)31(35)23-9-14-26(15-10-23)37-20-19-32-17-5-4-6-18-32;/h7-16,21,34H,3-6,17-20H2,1-2H3;1H. The van der Waals surface area contributed by atoms with Crippen molar-refractivity contribution in [2.24, 2.45) is 0 Å². The Labute approximate surface area is 230 Å². The lowest BCUT2D eigenvalue weighted by atomic mass is 9.97. The van der Waals surface area contributed by atoms with Crippen LogP contribution in [0.15, 0.2) is 66.7 Å². The van der Waals surface area contributed by atoms with Crippen LogP contribution in [0.2, 0.25) is 0 Å². The molecule has 1 N–H and O–H groups in total. The van der Waals surface area contributed by atoms with E-state index in [9.17, 15) is 9.90 Å². The summed E-state index contributed by atoms with van der Waals surface area (Å²) in [5, 5.41) is 11.0. The van der Waals surface area contributed by atoms with Crippen LogP contribution in [-0.4, -0.2) is 53.7 Å². The highest BCUT2D eigenvalue weighted by atomic mass is 35.5. The SMILES string of the molecule is CCn1c(-c2ccc(OC)cc2)c(C(=O)c2ccc(OCCN3CCCCC3)cc2)c2ccc(O)cc21.Cl. The van der Waals surface area contributed by atoms with Gasteiger partial charge in [-0.3, -0.25) is 9.69 Å². The van der Waals surface area contributed by atoms with Gasteiger partial charge in [0.2, 0.25) is 0 Å². The zero-order chi connectivity index (χ0) is 25.8. The summed E-state index contributed by atoms with van der Waals surface area (Å²) in [6, 6.07) is 20.3. The van der Waals surface area contributed by atoms with Crippen molar-refractivity contribution in [3.63, 3.8) is 0 Å². The van der Waals surface area contributed by atoms with Crippen molar-refractivity contribution in [2.75, 3.05) is 33.4 Å². The fraction of sp³-hybridized carbons (Fsp3) is 0.323. The van der Waals surface area contributed by atoms with Crippen LogP contribution < -0.4 is 9.47 Å². The fourth-order valence-electron chi connectivity index (χ4n) is 5.27. The zero-order valence-electron chi connectivity index (χ0n) is 22.0. The Hall–Kier alpha value is -3.48. The summed E-state index contributed by atoms with van der Waals surface area (Å²) < 4.78 is 13.4. The zero-order valence-corrected chi connectivity index (χ0v) is 22.8. The lowest BCUT2D eigenvalue weighted by molar-refractivity contribution is 0.104. The average molecular weight is 535 g/mol. The second kappa shape index (κ2) is 12.4. The van der Waals surface area contributed by atoms with Crippen molar-refractivity contribution in [3.8, 4) is 28.5 Å². The number of carbonyl (C=O) groups excluding carboxylic acids is 1. The highest BCUT2D eigenvalue weighted by Crippen LogP contribution is 2.37. The number of fused-ring (bicyclic) bond motifs is 1. The van der Waals surface area contributed by atoms with E-state index in [1.54, 1.807) is 19.2 Å². The Morgan fingerprint density at radius 1 is 0.921 bits per heavy atom. The Bertz CT molecular complexity index is 1370. The molecule has 1 fully saturated rings. The summed E-state index contributed by atoms with van der Waals surface area (Å²) in [5.41, 5.74) is 3.80. The van der Waals surface area contributed by atoms with Gasteiger partial charge in [-0.05, 0) is 99.1 Å². The molecule has 0 saturated carbocycles. The number of nitrogens with zero attached hydrogens (tertiary/aromatic N) is 2. The largest absolute Gasteiger partial charge is 0.508 e. The Kier molecular flexibility index (Phi) is 8.97. The number of aryl methyl sites for hydroxylation is 1. The topological polar surface area (TPSA) is 63.9 Å². The van der Waals surface area contributed by atoms with Gasteiger partial charge in [-0.1, -0.05) is 6.42 Å². The molecule has 200 valence electrons. The predicted octanol–water partition coefficient (Wildman–Crippen LogP) is 6.56. The van der Waals surface area contributed by atoms with Gasteiger partial charge in [-0.2, -0.15) is 0 Å². The molecule has 0 unspecified atom stereocenters. The lowest BCUT2D eigenvalue weighted by Gasteiger charge is -2.26. The Morgan fingerprint density at radius 3 is 2.26 bits per heavy atom. The number of methoxy groups -OCH3 is 1. The molecular formula is C31H35ClN2O4. The van der Waals surface area contributed by atoms with Crippen molar-refractivity contribution in [2.45, 2.75) is 32.7 Å². The number of likely N-dealkylation sites (tertiary alicyclic amines) is 1. The van der Waals surface area contributed by atoms with E-state index in [1.807, 2.05) is 61.5 Å². The Morgan fingerprint density at radius 2 is 1.61 bits per heavy atom. The minimum atomic E-state index is -0.0615. The molecule has 1 saturated heterocycles. The smallest absolute Gasteiger partial charge is 0.195 e. The van der Waals surface area contributed by atoms with Gasteiger partial charge in [0, 0.05) is 30.1 Å². The molecule has 38 heavy (non-hydrogen) atoms. The number of carbonyl (C=O) groups is 1. The van der Waals surface area contributed by atoms with E-state index in [1.165, 1.54) is 19.3 Å². The summed E-state index contributed by atoms with van der Waals surface area (Å²) in [5.74, 6) is 1.63. The molecule has 7 heteroatoms. The monoisotopic (exact) mass is 534 g/mol. The molecule has 2 heterocycles. The van der Waals surface area contributed by atoms with Gasteiger partial charge in [-0.25, -0.2) is 0 Å². The van der Waals surface area contributed by atoms with Crippen molar-refractivity contribution in [1.82, 2.24) is 9.47 Å². The molecule has 0 atom stereocenters. The highest BCUT2D eigenvalue weighted by Gasteiger charge is 2.24. The van der Waals surface area contributed by atoms with E-state index in [2.05, 4.69) is 9.47 Å². The molecule has 4 aromatic rings. The molecule has 0 aliphatic carbocycles. The molecule has 0 amide bonds. The molecular weight excluding hydrogens is 500 g/mol. The number of ketones is 1. The molecule has 1 aromatic heterocycles. The number of phenolic OH excluding ortho intramolecular Hbond substituents is 1. The van der Waals surface area contributed by atoms with E-state index < -0.39 is 0 Å². The summed E-state index contributed by atoms with van der Waals surface area (Å²) in [4.78, 5) is 16.4. The molecule has 0 bridgehead atoms. The first kappa shape index (κ1) is 27.6. The fourth-order valence-corrected chi connectivity index (χ4v) is 5.27. The van der Waals surface area contributed by atoms with Crippen LogP contribution in [0, 0.1) is 0 Å². The van der Waals surface area contributed by atoms with E-state index >= 15 is 0 Å². The van der Waals surface area contributed by atoms with Crippen molar-refractivity contribution < 1.29 is 19.4 Å². The number of ether oxygens (including phenoxy) is 2. The van der Waals surface area contributed by atoms with Crippen LogP contribution in [-0.2, 0) is 6.54 Å². The summed E-state index contributed by atoms with van der Waals surface area (Å²) in [6.45, 7) is 6.56. The first-order valence-corrected chi connectivity index (χ1v) is 13.1. The third-order valence-electron chi connectivity index (χ3n) is 7.20. The number of hydrogen-bond donors (Lipinski definition) is 1. The maximum absolute atomic E-state index is 14.0. The minimum absolute atomic E-state index is 0. The van der Waals surface area contributed by atoms with Crippen LogP contribution >= 0.6 is 12.4 Å². The van der Waals surface area contributed by atoms with Gasteiger partial charge in [0.25, 0.3) is 0 Å². The molecule has 1 aliphatic heterocycles. The van der Waals surface area contributed by atoms with Crippen LogP contribution in [0.25, 0.3) is 22.2 Å². The van der Waals surface area contributed by atoms with Gasteiger partial charge in [0.1, 0.15) is 23.9 Å². The number of rotatable bonds is 9. The maximum atomic E-state index is 14.0. The minimum Gasteiger partial charge on any atom is -0.508 e. The van der Waals surface area contributed by atoms with E-state index in [0.717, 1.165) is 53.3 Å². The highest BCUT2D eigenvalue weighted by molar-refractivity contribution is 6.20. The summed E-state index contributed by atoms with van der Waals surface area (Å²) in [6.07, 6.45) is 3.86. The molecule has 5 rings (SSSR count). The second-order valence-corrected chi connectivity index (χ2v) is 9.50. The third-order valence-corrected chi connectivity index (χ3v) is 7.20. The quantitative estimate of drug-likeness (QED) is 0.246. The van der Waals surface area contributed by atoms with Crippen LogP contribution in [0.5, 0.6) is 17.2 Å². The number of benzene rings is 3. The van der Waals surface area contributed by atoms with Crippen molar-refractivity contribution in [3.05, 3.63) is 77.9 Å². The van der Waals surface area contributed by atoms with Crippen LogP contribution in [0.1, 0.15) is 42.1 Å². The molecule has 6 nitrogen and oxygen atoms in total. The number of aromatic nitrogens is 1. The molecule has 0 radical (unpaired) electrons. The third kappa shape index (κ3) is 5.66. The summed E-state index contributed by atoms with van der Waals surface area (Å²) in [7, 11) is 1.64. The number of hydrogen-bond acceptors (Lipinski definition) is 5. The lowest BCUT2D eigenvalue weighted by Crippen LogP contribution is -2.33. The maximum Gasteiger partial charge on any atom is 0.195 e. The average Bonchev–Trinajstić information content (AvgIpc) is 3.27. The number of aromatic hydroxyl groups is 1. The van der Waals surface area contributed by atoms with Gasteiger partial charge in [-0.15, -0.1) is 12.4 Å².